The average molecular weight is 238 g/mol. The van der Waals surface area contributed by atoms with Crippen molar-refractivity contribution in [3.8, 4) is 0 Å². The Kier molecular flexibility index (Phi) is 3.90. The van der Waals surface area contributed by atoms with Crippen molar-refractivity contribution in [1.29, 1.82) is 0 Å². The molecule has 2 fully saturated rings. The Balaban J connectivity index is 0.00000112. The van der Waals surface area contributed by atoms with Gasteiger partial charge in [0.15, 0.2) is 0 Å². The summed E-state index contributed by atoms with van der Waals surface area (Å²) in [6.07, 6.45) is 2.36. The molecule has 1 unspecified atom stereocenters. The van der Waals surface area contributed by atoms with Gasteiger partial charge in [0.25, 0.3) is 0 Å². The van der Waals surface area contributed by atoms with Crippen LogP contribution in [0.4, 0.5) is 0 Å². The number of hydrogen-bond acceptors (Lipinski definition) is 3. The standard InChI is InChI=1S/C10H16O3S.Na/c1-9(2)7-3-4-10(9,6-14(12)13)8(11)5-7;/h7H,3-6H2,1-2H3,(H,12,13);/q;+1/p-1/t7-,10+;/m0./s1. The molecule has 0 amide bonds. The van der Waals surface area contributed by atoms with Crippen LogP contribution in [0.1, 0.15) is 33.1 Å². The first-order valence-corrected chi connectivity index (χ1v) is 6.24. The van der Waals surface area contributed by atoms with Crippen LogP contribution in [0, 0.1) is 16.7 Å². The van der Waals surface area contributed by atoms with E-state index in [9.17, 15) is 13.6 Å². The molecule has 0 aliphatic heterocycles. The number of ketones is 1. The third-order valence-electron chi connectivity index (χ3n) is 4.50. The van der Waals surface area contributed by atoms with E-state index in [0.29, 0.717) is 12.3 Å². The van der Waals surface area contributed by atoms with E-state index >= 15 is 0 Å². The predicted molar refractivity (Wildman–Crippen MR) is 52.3 cm³/mol. The Morgan fingerprint density at radius 3 is 2.47 bits per heavy atom. The van der Waals surface area contributed by atoms with Crippen molar-refractivity contribution in [3.63, 3.8) is 0 Å². The second-order valence-corrected chi connectivity index (χ2v) is 6.01. The fraction of sp³-hybridized carbons (Fsp3) is 0.900. The Morgan fingerprint density at radius 1 is 1.53 bits per heavy atom. The molecule has 0 aromatic carbocycles. The van der Waals surface area contributed by atoms with Crippen LogP contribution in [-0.4, -0.2) is 20.3 Å². The molecular weight excluding hydrogens is 223 g/mol. The fourth-order valence-electron chi connectivity index (χ4n) is 3.31. The Hall–Kier alpha value is 0.780. The Bertz CT molecular complexity index is 316. The summed E-state index contributed by atoms with van der Waals surface area (Å²) < 4.78 is 21.6. The molecule has 5 heteroatoms. The maximum atomic E-state index is 11.8. The average Bonchev–Trinajstić information content (AvgIpc) is 2.36. The molecule has 2 saturated carbocycles. The van der Waals surface area contributed by atoms with E-state index in [1.165, 1.54) is 0 Å². The monoisotopic (exact) mass is 238 g/mol. The van der Waals surface area contributed by atoms with Crippen molar-refractivity contribution in [2.75, 3.05) is 5.75 Å². The van der Waals surface area contributed by atoms with E-state index in [0.717, 1.165) is 12.8 Å². The van der Waals surface area contributed by atoms with Crippen molar-refractivity contribution in [3.05, 3.63) is 0 Å². The van der Waals surface area contributed by atoms with Crippen LogP contribution < -0.4 is 29.6 Å². The van der Waals surface area contributed by atoms with Gasteiger partial charge in [-0.25, -0.2) is 0 Å². The number of hydrogen-bond donors (Lipinski definition) is 0. The zero-order valence-corrected chi connectivity index (χ0v) is 12.4. The molecule has 0 N–H and O–H groups in total. The molecule has 0 aromatic heterocycles. The summed E-state index contributed by atoms with van der Waals surface area (Å²) in [6.45, 7) is 4.09. The first kappa shape index (κ1) is 13.8. The molecule has 2 bridgehead atoms. The molecule has 3 nitrogen and oxygen atoms in total. The van der Waals surface area contributed by atoms with Gasteiger partial charge in [0.2, 0.25) is 0 Å². The summed E-state index contributed by atoms with van der Waals surface area (Å²) in [5.74, 6) is 0.594. The van der Waals surface area contributed by atoms with E-state index in [4.69, 9.17) is 0 Å². The molecule has 80 valence electrons. The second-order valence-electron chi connectivity index (χ2n) is 5.11. The molecule has 0 aromatic rings. The van der Waals surface area contributed by atoms with E-state index in [1.807, 2.05) is 13.8 Å². The van der Waals surface area contributed by atoms with E-state index in [1.54, 1.807) is 0 Å². The van der Waals surface area contributed by atoms with Crippen LogP contribution in [0.25, 0.3) is 0 Å². The molecular formula is C10H15NaO3S. The fourth-order valence-corrected chi connectivity index (χ4v) is 4.39. The molecule has 0 saturated heterocycles. The summed E-state index contributed by atoms with van der Waals surface area (Å²) in [5.41, 5.74) is -0.686. The van der Waals surface area contributed by atoms with E-state index in [-0.39, 0.29) is 46.5 Å². The summed E-state index contributed by atoms with van der Waals surface area (Å²) in [5, 5.41) is 0. The number of carbonyl (C=O) groups excluding carboxylic acids is 1. The summed E-state index contributed by atoms with van der Waals surface area (Å²) >= 11 is -2.11. The van der Waals surface area contributed by atoms with Gasteiger partial charge in [-0.15, -0.1) is 0 Å². The van der Waals surface area contributed by atoms with Gasteiger partial charge >= 0.3 is 29.6 Å². The zero-order valence-electron chi connectivity index (χ0n) is 9.54. The van der Waals surface area contributed by atoms with Gasteiger partial charge in [-0.1, -0.05) is 24.9 Å². The second kappa shape index (κ2) is 4.22. The molecule has 0 heterocycles. The van der Waals surface area contributed by atoms with Gasteiger partial charge in [-0.2, -0.15) is 0 Å². The van der Waals surface area contributed by atoms with Crippen LogP contribution in [0.3, 0.4) is 0 Å². The zero-order chi connectivity index (χ0) is 10.6. The molecule has 3 atom stereocenters. The van der Waals surface area contributed by atoms with Crippen LogP contribution >= 0.6 is 0 Å². The first-order valence-electron chi connectivity index (χ1n) is 4.99. The van der Waals surface area contributed by atoms with E-state index < -0.39 is 16.5 Å². The molecule has 0 spiro atoms. The first-order chi connectivity index (χ1) is 6.40. The molecule has 2 aliphatic rings. The summed E-state index contributed by atoms with van der Waals surface area (Å²) in [6, 6.07) is 0. The van der Waals surface area contributed by atoms with Crippen LogP contribution in [0.5, 0.6) is 0 Å². The number of Topliss-reactive ketones (excluding diaryl/α,β-unsaturated/α-hetero) is 1. The van der Waals surface area contributed by atoms with Gasteiger partial charge < -0.3 is 4.55 Å². The minimum Gasteiger partial charge on any atom is -0.772 e. The van der Waals surface area contributed by atoms with Gasteiger partial charge in [0.1, 0.15) is 5.78 Å². The van der Waals surface area contributed by atoms with Crippen LogP contribution in [0.15, 0.2) is 0 Å². The van der Waals surface area contributed by atoms with E-state index in [2.05, 4.69) is 0 Å². The Morgan fingerprint density at radius 2 is 2.13 bits per heavy atom. The van der Waals surface area contributed by atoms with Crippen molar-refractivity contribution < 1.29 is 43.1 Å². The normalized spacial score (nSPS) is 38.9. The van der Waals surface area contributed by atoms with Crippen molar-refractivity contribution in [2.45, 2.75) is 33.1 Å². The summed E-state index contributed by atoms with van der Waals surface area (Å²) in [7, 11) is 0. The molecule has 15 heavy (non-hydrogen) atoms. The van der Waals surface area contributed by atoms with Crippen LogP contribution in [0.2, 0.25) is 0 Å². The van der Waals surface area contributed by atoms with Crippen LogP contribution in [-0.2, 0) is 15.9 Å². The number of rotatable bonds is 2. The number of fused-ring (bicyclic) bond motifs is 2. The van der Waals surface area contributed by atoms with Gasteiger partial charge in [-0.3, -0.25) is 9.00 Å². The third-order valence-corrected chi connectivity index (χ3v) is 5.23. The van der Waals surface area contributed by atoms with Crippen molar-refractivity contribution >= 4 is 16.9 Å². The quantitative estimate of drug-likeness (QED) is 0.424. The van der Waals surface area contributed by atoms with Gasteiger partial charge in [0, 0.05) is 17.6 Å². The molecule has 2 rings (SSSR count). The minimum absolute atomic E-state index is 0. The third kappa shape index (κ3) is 1.78. The van der Waals surface area contributed by atoms with Gasteiger partial charge in [0.05, 0.1) is 0 Å². The van der Waals surface area contributed by atoms with Gasteiger partial charge in [-0.05, 0) is 24.2 Å². The van der Waals surface area contributed by atoms with Crippen molar-refractivity contribution in [2.24, 2.45) is 16.7 Å². The SMILES string of the molecule is CC1(C)[C@H]2CC[C@@]1(CS(=O)[O-])C(=O)C2.[Na+]. The van der Waals surface area contributed by atoms with Crippen molar-refractivity contribution in [1.82, 2.24) is 0 Å². The summed E-state index contributed by atoms with van der Waals surface area (Å²) in [4.78, 5) is 11.8. The molecule has 2 aliphatic carbocycles. The maximum absolute atomic E-state index is 11.8. The molecule has 0 radical (unpaired) electrons. The topological polar surface area (TPSA) is 57.2 Å². The number of carbonyl (C=O) groups is 1. The Labute approximate surface area is 115 Å². The minimum atomic E-state index is -2.11. The maximum Gasteiger partial charge on any atom is 1.00 e. The predicted octanol–water partition coefficient (Wildman–Crippen LogP) is -1.74. The smallest absolute Gasteiger partial charge is 0.772 e. The largest absolute Gasteiger partial charge is 1.00 e.